The number of hydrazine groups is 1. The summed E-state index contributed by atoms with van der Waals surface area (Å²) in [7, 11) is 4.17. The zero-order valence-corrected chi connectivity index (χ0v) is 10.3. The van der Waals surface area contributed by atoms with Crippen molar-refractivity contribution >= 4 is 0 Å². The predicted molar refractivity (Wildman–Crippen MR) is 65.0 cm³/mol. The molecule has 2 atom stereocenters. The first-order valence-corrected chi connectivity index (χ1v) is 5.80. The molecular formula is C13H20N2O. The third-order valence-corrected chi connectivity index (χ3v) is 3.17. The van der Waals surface area contributed by atoms with Gasteiger partial charge in [-0.2, -0.15) is 0 Å². The van der Waals surface area contributed by atoms with Crippen molar-refractivity contribution in [3.8, 4) is 0 Å². The third kappa shape index (κ3) is 2.26. The number of hydrogen-bond donors (Lipinski definition) is 0. The normalized spacial score (nSPS) is 27.2. The van der Waals surface area contributed by atoms with Crippen LogP contribution in [0.15, 0.2) is 30.3 Å². The van der Waals surface area contributed by atoms with Crippen LogP contribution in [0.1, 0.15) is 18.6 Å². The molecule has 0 saturated carbocycles. The summed E-state index contributed by atoms with van der Waals surface area (Å²) in [5.74, 6) is 0. The molecule has 3 nitrogen and oxygen atoms in total. The number of ether oxygens (including phenoxy) is 1. The maximum atomic E-state index is 5.89. The molecule has 0 amide bonds. The average molecular weight is 220 g/mol. The monoisotopic (exact) mass is 220 g/mol. The average Bonchev–Trinajstić information content (AvgIpc) is 2.30. The molecule has 1 fully saturated rings. The van der Waals surface area contributed by atoms with Crippen LogP contribution in [0.2, 0.25) is 0 Å². The van der Waals surface area contributed by atoms with Gasteiger partial charge in [0.2, 0.25) is 0 Å². The van der Waals surface area contributed by atoms with Crippen molar-refractivity contribution in [2.45, 2.75) is 19.1 Å². The Kier molecular flexibility index (Phi) is 3.59. The van der Waals surface area contributed by atoms with Crippen molar-refractivity contribution in [1.82, 2.24) is 10.0 Å². The first-order valence-electron chi connectivity index (χ1n) is 5.80. The second-order valence-electron chi connectivity index (χ2n) is 4.45. The lowest BCUT2D eigenvalue weighted by molar-refractivity contribution is -0.140. The SMILES string of the molecule is C[C@H]1[C@@H](c2ccccc2)OCCN1N(C)C. The molecule has 1 aliphatic rings. The van der Waals surface area contributed by atoms with Gasteiger partial charge in [-0.05, 0) is 12.5 Å². The third-order valence-electron chi connectivity index (χ3n) is 3.17. The van der Waals surface area contributed by atoms with Gasteiger partial charge in [0.25, 0.3) is 0 Å². The van der Waals surface area contributed by atoms with Crippen LogP contribution in [0, 0.1) is 0 Å². The molecule has 0 radical (unpaired) electrons. The van der Waals surface area contributed by atoms with Gasteiger partial charge in [-0.1, -0.05) is 30.3 Å². The van der Waals surface area contributed by atoms with Crippen molar-refractivity contribution in [1.29, 1.82) is 0 Å². The summed E-state index contributed by atoms with van der Waals surface area (Å²) < 4.78 is 5.89. The Hall–Kier alpha value is -0.900. The minimum Gasteiger partial charge on any atom is -0.370 e. The fraction of sp³-hybridized carbons (Fsp3) is 0.538. The first-order chi connectivity index (χ1) is 7.70. The number of benzene rings is 1. The first kappa shape index (κ1) is 11.6. The van der Waals surface area contributed by atoms with Crippen molar-refractivity contribution in [3.05, 3.63) is 35.9 Å². The van der Waals surface area contributed by atoms with E-state index in [0.717, 1.165) is 13.2 Å². The summed E-state index contributed by atoms with van der Waals surface area (Å²) in [5.41, 5.74) is 1.27. The molecule has 0 aromatic heterocycles. The van der Waals surface area contributed by atoms with Crippen LogP contribution in [0.25, 0.3) is 0 Å². The Morgan fingerprint density at radius 3 is 2.56 bits per heavy atom. The number of morpholine rings is 1. The van der Waals surface area contributed by atoms with Crippen molar-refractivity contribution in [2.75, 3.05) is 27.2 Å². The summed E-state index contributed by atoms with van der Waals surface area (Å²) >= 11 is 0. The van der Waals surface area contributed by atoms with Crippen molar-refractivity contribution in [3.63, 3.8) is 0 Å². The highest BCUT2D eigenvalue weighted by molar-refractivity contribution is 5.19. The minimum atomic E-state index is 0.178. The Bertz CT molecular complexity index is 326. The maximum absolute atomic E-state index is 5.89. The Morgan fingerprint density at radius 1 is 1.25 bits per heavy atom. The van der Waals surface area contributed by atoms with Gasteiger partial charge in [-0.3, -0.25) is 0 Å². The van der Waals surface area contributed by atoms with Crippen LogP contribution < -0.4 is 0 Å². The number of hydrogen-bond acceptors (Lipinski definition) is 3. The van der Waals surface area contributed by atoms with Gasteiger partial charge >= 0.3 is 0 Å². The second kappa shape index (κ2) is 4.95. The van der Waals surface area contributed by atoms with E-state index in [1.807, 2.05) is 6.07 Å². The minimum absolute atomic E-state index is 0.178. The van der Waals surface area contributed by atoms with Gasteiger partial charge in [0.15, 0.2) is 0 Å². The van der Waals surface area contributed by atoms with E-state index in [2.05, 4.69) is 55.3 Å². The molecule has 2 rings (SSSR count). The van der Waals surface area contributed by atoms with Gasteiger partial charge in [0.05, 0.1) is 18.8 Å². The van der Waals surface area contributed by atoms with Gasteiger partial charge < -0.3 is 4.74 Å². The fourth-order valence-electron chi connectivity index (χ4n) is 2.35. The van der Waals surface area contributed by atoms with Crippen LogP contribution in [-0.2, 0) is 4.74 Å². The van der Waals surface area contributed by atoms with Gasteiger partial charge in [-0.25, -0.2) is 10.0 Å². The molecule has 1 saturated heterocycles. The summed E-state index contributed by atoms with van der Waals surface area (Å²) in [6.07, 6.45) is 0.178. The molecule has 0 spiro atoms. The van der Waals surface area contributed by atoms with Gasteiger partial charge in [0.1, 0.15) is 0 Å². The molecular weight excluding hydrogens is 200 g/mol. The predicted octanol–water partition coefficient (Wildman–Crippen LogP) is 1.93. The fourth-order valence-corrected chi connectivity index (χ4v) is 2.35. The summed E-state index contributed by atoms with van der Waals surface area (Å²) in [6.45, 7) is 3.98. The molecule has 0 N–H and O–H groups in total. The topological polar surface area (TPSA) is 15.7 Å². The van der Waals surface area contributed by atoms with Crippen LogP contribution >= 0.6 is 0 Å². The molecule has 0 unspecified atom stereocenters. The molecule has 0 bridgehead atoms. The highest BCUT2D eigenvalue weighted by Gasteiger charge is 2.30. The Balaban J connectivity index is 2.16. The lowest BCUT2D eigenvalue weighted by atomic mass is 10.0. The van der Waals surface area contributed by atoms with Crippen LogP contribution in [0.3, 0.4) is 0 Å². The number of nitrogens with zero attached hydrogens (tertiary/aromatic N) is 2. The molecule has 3 heteroatoms. The molecule has 1 aliphatic heterocycles. The molecule has 88 valence electrons. The van der Waals surface area contributed by atoms with E-state index in [0.29, 0.717) is 6.04 Å². The standard InChI is InChI=1S/C13H20N2O/c1-11-13(12-7-5-4-6-8-12)16-10-9-15(11)14(2)3/h4-8,11,13H,9-10H2,1-3H3/t11-,13-/m0/s1. The van der Waals surface area contributed by atoms with Crippen LogP contribution in [0.4, 0.5) is 0 Å². The molecule has 1 heterocycles. The van der Waals surface area contributed by atoms with Crippen LogP contribution in [0.5, 0.6) is 0 Å². The van der Waals surface area contributed by atoms with E-state index in [4.69, 9.17) is 4.74 Å². The van der Waals surface area contributed by atoms with Gasteiger partial charge in [-0.15, -0.1) is 0 Å². The zero-order valence-electron chi connectivity index (χ0n) is 10.3. The zero-order chi connectivity index (χ0) is 11.5. The smallest absolute Gasteiger partial charge is 0.0992 e. The van der Waals surface area contributed by atoms with Crippen LogP contribution in [-0.4, -0.2) is 43.3 Å². The highest BCUT2D eigenvalue weighted by Crippen LogP contribution is 2.28. The summed E-state index contributed by atoms with van der Waals surface area (Å²) in [5, 5.41) is 4.50. The summed E-state index contributed by atoms with van der Waals surface area (Å²) in [6, 6.07) is 10.8. The van der Waals surface area contributed by atoms with Crippen molar-refractivity contribution < 1.29 is 4.74 Å². The molecule has 16 heavy (non-hydrogen) atoms. The van der Waals surface area contributed by atoms with Crippen molar-refractivity contribution in [2.24, 2.45) is 0 Å². The quantitative estimate of drug-likeness (QED) is 0.757. The van der Waals surface area contributed by atoms with E-state index in [9.17, 15) is 0 Å². The van der Waals surface area contributed by atoms with E-state index in [-0.39, 0.29) is 6.10 Å². The Morgan fingerprint density at radius 2 is 1.94 bits per heavy atom. The second-order valence-corrected chi connectivity index (χ2v) is 4.45. The number of rotatable bonds is 2. The largest absolute Gasteiger partial charge is 0.370 e. The van der Waals surface area contributed by atoms with E-state index in [1.54, 1.807) is 0 Å². The van der Waals surface area contributed by atoms with E-state index in [1.165, 1.54) is 5.56 Å². The lowest BCUT2D eigenvalue weighted by Crippen LogP contribution is -2.51. The van der Waals surface area contributed by atoms with E-state index >= 15 is 0 Å². The highest BCUT2D eigenvalue weighted by atomic mass is 16.5. The maximum Gasteiger partial charge on any atom is 0.0992 e. The van der Waals surface area contributed by atoms with Gasteiger partial charge in [0, 0.05) is 20.6 Å². The summed E-state index contributed by atoms with van der Waals surface area (Å²) in [4.78, 5) is 0. The molecule has 1 aromatic carbocycles. The lowest BCUT2D eigenvalue weighted by Gasteiger charge is -2.42. The van der Waals surface area contributed by atoms with E-state index < -0.39 is 0 Å². The molecule has 0 aliphatic carbocycles. The Labute approximate surface area is 97.6 Å². The molecule has 1 aromatic rings.